The van der Waals surface area contributed by atoms with Gasteiger partial charge in [-0.05, 0) is 25.3 Å². The predicted octanol–water partition coefficient (Wildman–Crippen LogP) is 4.73. The first-order valence-corrected chi connectivity index (χ1v) is 12.1. The lowest BCUT2D eigenvalue weighted by Crippen LogP contribution is -2.34. The summed E-state index contributed by atoms with van der Waals surface area (Å²) >= 11 is 6.68. The Morgan fingerprint density at radius 1 is 1.11 bits per heavy atom. The normalized spacial score (nSPS) is 18.6. The third-order valence-corrected chi connectivity index (χ3v) is 7.09. The number of nitrogens with zero attached hydrogens (tertiary/aromatic N) is 6. The minimum Gasteiger partial charge on any atom is -0.452 e. The van der Waals surface area contributed by atoms with Gasteiger partial charge in [0.25, 0.3) is 0 Å². The Kier molecular flexibility index (Phi) is 5.26. The zero-order valence-corrected chi connectivity index (χ0v) is 20.5. The van der Waals surface area contributed by atoms with Gasteiger partial charge in [0.2, 0.25) is 0 Å². The topological polar surface area (TPSA) is 92.9 Å². The standard InChI is InChI=1S/C25H25ClN6O3/c1-4-17-7-16(5-6-34-17)32-23-19-8-18(14-10-27-30(2)12-14)20(26)9-21(19)35-24(23)22(29-25(32)33)15-11-28-31(3)13-15/h8-13,16-17H,4-7H2,1-3H3/t16-,17-/m0/s1. The van der Waals surface area contributed by atoms with Gasteiger partial charge in [-0.15, -0.1) is 0 Å². The van der Waals surface area contributed by atoms with Crippen LogP contribution in [0.15, 0.2) is 46.1 Å². The fourth-order valence-electron chi connectivity index (χ4n) is 5.04. The molecule has 2 atom stereocenters. The Labute approximate surface area is 205 Å². The van der Waals surface area contributed by atoms with Gasteiger partial charge in [0.05, 0.1) is 23.5 Å². The van der Waals surface area contributed by atoms with E-state index in [0.717, 1.165) is 46.9 Å². The molecule has 9 nitrogen and oxygen atoms in total. The first-order valence-electron chi connectivity index (χ1n) is 11.7. The molecule has 0 aliphatic carbocycles. The van der Waals surface area contributed by atoms with Gasteiger partial charge in [0.15, 0.2) is 5.58 Å². The van der Waals surface area contributed by atoms with Crippen LogP contribution in [0.4, 0.5) is 0 Å². The quantitative estimate of drug-likeness (QED) is 0.360. The Morgan fingerprint density at radius 2 is 1.86 bits per heavy atom. The van der Waals surface area contributed by atoms with Crippen LogP contribution < -0.4 is 5.69 Å². The molecule has 5 heterocycles. The number of ether oxygens (including phenoxy) is 1. The minimum atomic E-state index is -0.307. The van der Waals surface area contributed by atoms with Crippen LogP contribution in [-0.2, 0) is 18.8 Å². The maximum absolute atomic E-state index is 13.6. The highest BCUT2D eigenvalue weighted by Crippen LogP contribution is 2.40. The van der Waals surface area contributed by atoms with Crippen molar-refractivity contribution in [2.24, 2.45) is 14.1 Å². The fourth-order valence-corrected chi connectivity index (χ4v) is 5.30. The Hall–Kier alpha value is -3.43. The molecule has 0 saturated carbocycles. The number of aryl methyl sites for hydroxylation is 2. The molecule has 0 N–H and O–H groups in total. The van der Waals surface area contributed by atoms with Crippen molar-refractivity contribution in [2.75, 3.05) is 6.61 Å². The van der Waals surface area contributed by atoms with Crippen LogP contribution >= 0.6 is 11.6 Å². The van der Waals surface area contributed by atoms with Gasteiger partial charge in [0.1, 0.15) is 16.8 Å². The Balaban J connectivity index is 1.68. The van der Waals surface area contributed by atoms with E-state index < -0.39 is 0 Å². The number of hydrogen-bond donors (Lipinski definition) is 0. The molecule has 5 aromatic rings. The van der Waals surface area contributed by atoms with Crippen LogP contribution in [0.2, 0.25) is 5.02 Å². The van der Waals surface area contributed by atoms with Gasteiger partial charge in [-0.2, -0.15) is 15.2 Å². The maximum atomic E-state index is 13.6. The largest absolute Gasteiger partial charge is 0.452 e. The number of aromatic nitrogens is 6. The zero-order chi connectivity index (χ0) is 24.3. The average molecular weight is 493 g/mol. The summed E-state index contributed by atoms with van der Waals surface area (Å²) in [5.74, 6) is 0. The molecular weight excluding hydrogens is 468 g/mol. The number of hydrogen-bond acceptors (Lipinski definition) is 6. The molecule has 0 amide bonds. The number of benzene rings is 1. The molecule has 10 heteroatoms. The molecule has 1 fully saturated rings. The number of rotatable bonds is 4. The van der Waals surface area contributed by atoms with E-state index in [0.29, 0.717) is 28.5 Å². The fraction of sp³-hybridized carbons (Fsp3) is 0.360. The van der Waals surface area contributed by atoms with Crippen molar-refractivity contribution >= 4 is 33.7 Å². The van der Waals surface area contributed by atoms with Gasteiger partial charge < -0.3 is 9.15 Å². The number of halogens is 1. The summed E-state index contributed by atoms with van der Waals surface area (Å²) in [6.45, 7) is 2.70. The molecule has 180 valence electrons. The van der Waals surface area contributed by atoms with Gasteiger partial charge in [0, 0.05) is 67.3 Å². The third-order valence-electron chi connectivity index (χ3n) is 6.78. The molecule has 4 aromatic heterocycles. The average Bonchev–Trinajstić information content (AvgIpc) is 3.56. The van der Waals surface area contributed by atoms with E-state index >= 15 is 0 Å². The van der Waals surface area contributed by atoms with Crippen molar-refractivity contribution in [1.29, 1.82) is 0 Å². The summed E-state index contributed by atoms with van der Waals surface area (Å²) in [6, 6.07) is 3.75. The molecule has 1 aliphatic heterocycles. The molecule has 6 rings (SSSR count). The van der Waals surface area contributed by atoms with E-state index in [-0.39, 0.29) is 17.8 Å². The second kappa shape index (κ2) is 8.35. The van der Waals surface area contributed by atoms with E-state index in [4.69, 9.17) is 20.8 Å². The van der Waals surface area contributed by atoms with Crippen molar-refractivity contribution in [2.45, 2.75) is 38.3 Å². The van der Waals surface area contributed by atoms with Crippen LogP contribution in [-0.4, -0.2) is 41.8 Å². The van der Waals surface area contributed by atoms with E-state index in [1.54, 1.807) is 32.4 Å². The zero-order valence-electron chi connectivity index (χ0n) is 19.7. The monoisotopic (exact) mass is 492 g/mol. The van der Waals surface area contributed by atoms with Gasteiger partial charge in [-0.25, -0.2) is 4.79 Å². The lowest BCUT2D eigenvalue weighted by atomic mass is 10.0. The lowest BCUT2D eigenvalue weighted by molar-refractivity contribution is -0.00709. The van der Waals surface area contributed by atoms with Crippen LogP contribution in [0.25, 0.3) is 44.5 Å². The van der Waals surface area contributed by atoms with E-state index in [2.05, 4.69) is 22.1 Å². The van der Waals surface area contributed by atoms with Gasteiger partial charge >= 0.3 is 5.69 Å². The Bertz CT molecular complexity index is 1630. The summed E-state index contributed by atoms with van der Waals surface area (Å²) in [4.78, 5) is 18.1. The van der Waals surface area contributed by atoms with Crippen molar-refractivity contribution in [3.05, 3.63) is 52.4 Å². The second-order valence-corrected chi connectivity index (χ2v) is 9.51. The summed E-state index contributed by atoms with van der Waals surface area (Å²) in [5, 5.41) is 9.92. The lowest BCUT2D eigenvalue weighted by Gasteiger charge is -2.30. The second-order valence-electron chi connectivity index (χ2n) is 9.11. The summed E-state index contributed by atoms with van der Waals surface area (Å²) < 4.78 is 17.5. The van der Waals surface area contributed by atoms with Crippen molar-refractivity contribution in [3.63, 3.8) is 0 Å². The summed E-state index contributed by atoms with van der Waals surface area (Å²) in [7, 11) is 3.69. The summed E-state index contributed by atoms with van der Waals surface area (Å²) in [6.07, 6.45) is 9.67. The first-order chi connectivity index (χ1) is 16.9. The van der Waals surface area contributed by atoms with Gasteiger partial charge in [-0.3, -0.25) is 13.9 Å². The molecule has 0 spiro atoms. The number of fused-ring (bicyclic) bond motifs is 3. The third kappa shape index (κ3) is 3.66. The van der Waals surface area contributed by atoms with Crippen LogP contribution in [0.5, 0.6) is 0 Å². The molecule has 1 aliphatic rings. The predicted molar refractivity (Wildman–Crippen MR) is 133 cm³/mol. The molecule has 1 aromatic carbocycles. The van der Waals surface area contributed by atoms with Crippen molar-refractivity contribution in [3.8, 4) is 22.4 Å². The molecule has 1 saturated heterocycles. The molecule has 0 radical (unpaired) electrons. The maximum Gasteiger partial charge on any atom is 0.349 e. The van der Waals surface area contributed by atoms with E-state index in [9.17, 15) is 4.79 Å². The van der Waals surface area contributed by atoms with Crippen LogP contribution in [0.3, 0.4) is 0 Å². The molecular formula is C25H25ClN6O3. The van der Waals surface area contributed by atoms with E-state index in [1.807, 2.05) is 32.6 Å². The van der Waals surface area contributed by atoms with E-state index in [1.165, 1.54) is 0 Å². The molecule has 0 bridgehead atoms. The van der Waals surface area contributed by atoms with Crippen LogP contribution in [0, 0.1) is 0 Å². The molecule has 35 heavy (non-hydrogen) atoms. The first kappa shape index (κ1) is 22.1. The number of furan rings is 1. The highest BCUT2D eigenvalue weighted by Gasteiger charge is 2.29. The smallest absolute Gasteiger partial charge is 0.349 e. The molecule has 0 unspecified atom stereocenters. The summed E-state index contributed by atoms with van der Waals surface area (Å²) in [5.41, 5.74) is 4.48. The SMILES string of the molecule is CC[C@H]1C[C@@H](n2c(=O)nc(-c3cnn(C)c3)c3oc4cc(Cl)c(-c5cnn(C)c5)cc4c32)CCO1. The highest BCUT2D eigenvalue weighted by molar-refractivity contribution is 6.34. The van der Waals surface area contributed by atoms with Crippen LogP contribution in [0.1, 0.15) is 32.2 Å². The Morgan fingerprint density at radius 3 is 2.54 bits per heavy atom. The highest BCUT2D eigenvalue weighted by atomic mass is 35.5. The van der Waals surface area contributed by atoms with Gasteiger partial charge in [-0.1, -0.05) is 18.5 Å². The van der Waals surface area contributed by atoms with Crippen molar-refractivity contribution in [1.82, 2.24) is 29.1 Å². The van der Waals surface area contributed by atoms with Crippen molar-refractivity contribution < 1.29 is 9.15 Å². The minimum absolute atomic E-state index is 0.0440.